The third-order valence-corrected chi connectivity index (χ3v) is 3.06. The number of hydrogen-bond donors (Lipinski definition) is 0. The maximum Gasteiger partial charge on any atom is 0.232 e. The summed E-state index contributed by atoms with van der Waals surface area (Å²) in [6.45, 7) is 1.50. The third kappa shape index (κ3) is 2.59. The molecule has 2 heterocycles. The fourth-order valence-corrected chi connectivity index (χ4v) is 2.08. The van der Waals surface area contributed by atoms with Crippen molar-refractivity contribution in [3.63, 3.8) is 0 Å². The van der Waals surface area contributed by atoms with Gasteiger partial charge in [0.1, 0.15) is 11.5 Å². The minimum absolute atomic E-state index is 0.304. The first-order chi connectivity index (χ1) is 9.35. The second-order valence-electron chi connectivity index (χ2n) is 4.41. The van der Waals surface area contributed by atoms with Crippen molar-refractivity contribution in [1.29, 1.82) is 0 Å². The fourth-order valence-electron chi connectivity index (χ4n) is 2.08. The van der Waals surface area contributed by atoms with Gasteiger partial charge in [-0.2, -0.15) is 0 Å². The number of rotatable bonds is 4. The van der Waals surface area contributed by atoms with E-state index in [9.17, 15) is 4.79 Å². The van der Waals surface area contributed by atoms with E-state index < -0.39 is 0 Å². The van der Waals surface area contributed by atoms with E-state index in [0.717, 1.165) is 30.0 Å². The van der Waals surface area contributed by atoms with Gasteiger partial charge in [0.2, 0.25) is 12.3 Å². The molecule has 0 aliphatic carbocycles. The Kier molecular flexibility index (Phi) is 3.18. The number of amides is 1. The predicted molar refractivity (Wildman–Crippen MR) is 67.5 cm³/mol. The molecule has 1 aliphatic rings. The molecule has 0 N–H and O–H groups in total. The highest BCUT2D eigenvalue weighted by molar-refractivity contribution is 5.48. The van der Waals surface area contributed by atoms with Gasteiger partial charge in [-0.3, -0.25) is 4.79 Å². The number of hydrogen-bond acceptors (Lipinski definition) is 4. The highest BCUT2D eigenvalue weighted by atomic mass is 16.5. The van der Waals surface area contributed by atoms with Gasteiger partial charge in [0.05, 0.1) is 12.2 Å². The molecule has 1 aromatic carbocycles. The SMILES string of the molecule is O=CN1CCc2nc(COc3ccccc3)oc2C1. The molecule has 0 radical (unpaired) electrons. The van der Waals surface area contributed by atoms with Crippen LogP contribution < -0.4 is 4.74 Å². The van der Waals surface area contributed by atoms with Gasteiger partial charge < -0.3 is 14.1 Å². The molecule has 1 aromatic heterocycles. The molecule has 0 fully saturated rings. The summed E-state index contributed by atoms with van der Waals surface area (Å²) in [5.41, 5.74) is 0.935. The molecule has 0 saturated heterocycles. The van der Waals surface area contributed by atoms with Crippen LogP contribution in [0.2, 0.25) is 0 Å². The van der Waals surface area contributed by atoms with Crippen LogP contribution in [0.25, 0.3) is 0 Å². The Bertz CT molecular complexity index is 565. The van der Waals surface area contributed by atoms with Crippen molar-refractivity contribution >= 4 is 6.41 Å². The van der Waals surface area contributed by atoms with Gasteiger partial charge in [-0.05, 0) is 12.1 Å². The minimum Gasteiger partial charge on any atom is -0.484 e. The van der Waals surface area contributed by atoms with E-state index in [1.54, 1.807) is 4.90 Å². The Morgan fingerprint density at radius 3 is 3.00 bits per heavy atom. The Balaban J connectivity index is 1.67. The lowest BCUT2D eigenvalue weighted by molar-refractivity contribution is -0.119. The van der Waals surface area contributed by atoms with Crippen LogP contribution in [0.1, 0.15) is 17.3 Å². The highest BCUT2D eigenvalue weighted by Gasteiger charge is 2.21. The first kappa shape index (κ1) is 11.8. The zero-order valence-electron chi connectivity index (χ0n) is 10.4. The summed E-state index contributed by atoms with van der Waals surface area (Å²) in [5, 5.41) is 0. The van der Waals surface area contributed by atoms with E-state index in [0.29, 0.717) is 25.6 Å². The number of carbonyl (C=O) groups is 1. The summed E-state index contributed by atoms with van der Waals surface area (Å²) < 4.78 is 11.2. The van der Waals surface area contributed by atoms with E-state index in [-0.39, 0.29) is 0 Å². The molecule has 0 unspecified atom stereocenters. The lowest BCUT2D eigenvalue weighted by Crippen LogP contribution is -2.28. The van der Waals surface area contributed by atoms with Crippen molar-refractivity contribution in [3.05, 3.63) is 47.7 Å². The minimum atomic E-state index is 0.304. The van der Waals surface area contributed by atoms with Crippen molar-refractivity contribution < 1.29 is 13.9 Å². The highest BCUT2D eigenvalue weighted by Crippen LogP contribution is 2.20. The quantitative estimate of drug-likeness (QED) is 0.784. The van der Waals surface area contributed by atoms with E-state index in [2.05, 4.69) is 4.98 Å². The van der Waals surface area contributed by atoms with Crippen molar-refractivity contribution in [2.24, 2.45) is 0 Å². The molecule has 0 saturated carbocycles. The number of ether oxygens (including phenoxy) is 1. The molecule has 98 valence electrons. The largest absolute Gasteiger partial charge is 0.484 e. The van der Waals surface area contributed by atoms with Crippen LogP contribution >= 0.6 is 0 Å². The molecule has 1 aliphatic heterocycles. The molecule has 19 heavy (non-hydrogen) atoms. The molecule has 0 spiro atoms. The number of para-hydroxylation sites is 1. The Labute approximate surface area is 110 Å². The average molecular weight is 258 g/mol. The fraction of sp³-hybridized carbons (Fsp3) is 0.286. The second-order valence-corrected chi connectivity index (χ2v) is 4.41. The van der Waals surface area contributed by atoms with Crippen molar-refractivity contribution in [3.8, 4) is 5.75 Å². The Morgan fingerprint density at radius 1 is 1.37 bits per heavy atom. The van der Waals surface area contributed by atoms with Gasteiger partial charge >= 0.3 is 0 Å². The van der Waals surface area contributed by atoms with Gasteiger partial charge in [-0.25, -0.2) is 4.98 Å². The zero-order valence-corrected chi connectivity index (χ0v) is 10.4. The standard InChI is InChI=1S/C14H14N2O3/c17-10-16-7-6-12-13(8-16)19-14(15-12)9-18-11-4-2-1-3-5-11/h1-5,10H,6-9H2. The average Bonchev–Trinajstić information content (AvgIpc) is 2.88. The van der Waals surface area contributed by atoms with Crippen LogP contribution in [0.3, 0.4) is 0 Å². The first-order valence-corrected chi connectivity index (χ1v) is 6.20. The van der Waals surface area contributed by atoms with Crippen LogP contribution in [0.15, 0.2) is 34.7 Å². The van der Waals surface area contributed by atoms with Gasteiger partial charge in [0, 0.05) is 13.0 Å². The van der Waals surface area contributed by atoms with Gasteiger partial charge in [0.25, 0.3) is 0 Å². The topological polar surface area (TPSA) is 55.6 Å². The number of benzene rings is 1. The molecular weight excluding hydrogens is 244 g/mol. The van der Waals surface area contributed by atoms with Crippen molar-refractivity contribution in [2.45, 2.75) is 19.6 Å². The van der Waals surface area contributed by atoms with Gasteiger partial charge in [-0.1, -0.05) is 18.2 Å². The summed E-state index contributed by atoms with van der Waals surface area (Å²) >= 11 is 0. The summed E-state index contributed by atoms with van der Waals surface area (Å²) in [6.07, 6.45) is 1.58. The smallest absolute Gasteiger partial charge is 0.232 e. The second kappa shape index (κ2) is 5.14. The monoisotopic (exact) mass is 258 g/mol. The molecular formula is C14H14N2O3. The number of carbonyl (C=O) groups excluding carboxylic acids is 1. The molecule has 1 amide bonds. The Morgan fingerprint density at radius 2 is 2.21 bits per heavy atom. The van der Waals surface area contributed by atoms with E-state index in [4.69, 9.17) is 9.15 Å². The molecule has 0 bridgehead atoms. The summed E-state index contributed by atoms with van der Waals surface area (Å²) in [4.78, 5) is 16.8. The molecule has 5 heteroatoms. The van der Waals surface area contributed by atoms with Crippen molar-refractivity contribution in [1.82, 2.24) is 9.88 Å². The summed E-state index contributed by atoms with van der Waals surface area (Å²) in [6, 6.07) is 9.54. The lowest BCUT2D eigenvalue weighted by Gasteiger charge is -2.19. The maximum absolute atomic E-state index is 10.7. The maximum atomic E-state index is 10.7. The number of fused-ring (bicyclic) bond motifs is 1. The van der Waals surface area contributed by atoms with E-state index in [1.807, 2.05) is 30.3 Å². The summed E-state index contributed by atoms with van der Waals surface area (Å²) in [5.74, 6) is 2.11. The number of nitrogens with zero attached hydrogens (tertiary/aromatic N) is 2. The van der Waals surface area contributed by atoms with Crippen molar-refractivity contribution in [2.75, 3.05) is 6.54 Å². The van der Waals surface area contributed by atoms with Crippen LogP contribution in [0.4, 0.5) is 0 Å². The predicted octanol–water partition coefficient (Wildman–Crippen LogP) is 1.77. The molecule has 5 nitrogen and oxygen atoms in total. The van der Waals surface area contributed by atoms with Crippen LogP contribution in [-0.4, -0.2) is 22.8 Å². The third-order valence-electron chi connectivity index (χ3n) is 3.06. The number of oxazole rings is 1. The molecule has 0 atom stereocenters. The molecule has 2 aromatic rings. The van der Waals surface area contributed by atoms with E-state index >= 15 is 0 Å². The Hall–Kier alpha value is -2.30. The first-order valence-electron chi connectivity index (χ1n) is 6.20. The zero-order chi connectivity index (χ0) is 13.1. The van der Waals surface area contributed by atoms with Crippen LogP contribution in [-0.2, 0) is 24.4 Å². The summed E-state index contributed by atoms with van der Waals surface area (Å²) in [7, 11) is 0. The molecule has 3 rings (SSSR count). The van der Waals surface area contributed by atoms with Crippen LogP contribution in [0.5, 0.6) is 5.75 Å². The van der Waals surface area contributed by atoms with E-state index in [1.165, 1.54) is 0 Å². The van der Waals surface area contributed by atoms with Gasteiger partial charge in [0.15, 0.2) is 6.61 Å². The van der Waals surface area contributed by atoms with Gasteiger partial charge in [-0.15, -0.1) is 0 Å². The number of aromatic nitrogens is 1. The van der Waals surface area contributed by atoms with Crippen LogP contribution in [0, 0.1) is 0 Å². The normalized spacial score (nSPS) is 14.0. The lowest BCUT2D eigenvalue weighted by atomic mass is 10.2.